The van der Waals surface area contributed by atoms with Crippen molar-refractivity contribution in [3.8, 4) is 5.75 Å². The number of nitrogens with zero attached hydrogens (tertiary/aromatic N) is 1. The van der Waals surface area contributed by atoms with Crippen molar-refractivity contribution in [2.45, 2.75) is 72.6 Å². The first-order valence-corrected chi connectivity index (χ1v) is 11.1. The van der Waals surface area contributed by atoms with E-state index in [1.54, 1.807) is 11.6 Å². The van der Waals surface area contributed by atoms with E-state index in [4.69, 9.17) is 0 Å². The molecule has 3 aliphatic rings. The lowest BCUT2D eigenvalue weighted by Crippen LogP contribution is -2.50. The first-order chi connectivity index (χ1) is 13.3. The van der Waals surface area contributed by atoms with Gasteiger partial charge in [-0.2, -0.15) is 0 Å². The number of amides is 1. The van der Waals surface area contributed by atoms with Crippen molar-refractivity contribution in [3.63, 3.8) is 0 Å². The molecule has 0 spiro atoms. The van der Waals surface area contributed by atoms with Crippen LogP contribution in [0, 0.1) is 22.7 Å². The maximum Gasteiger partial charge on any atom is 0.227 e. The van der Waals surface area contributed by atoms with Crippen LogP contribution in [0.4, 0.5) is 5.69 Å². The number of anilines is 1. The number of hydrogen-bond acceptors (Lipinski definition) is 2. The van der Waals surface area contributed by atoms with Crippen molar-refractivity contribution < 1.29 is 9.90 Å². The predicted molar refractivity (Wildman–Crippen MR) is 114 cm³/mol. The molecule has 28 heavy (non-hydrogen) atoms. The summed E-state index contributed by atoms with van der Waals surface area (Å²) >= 11 is 0. The SMILES string of the molecule is CC1=CCC[C@H]2[C@](C)(Cc3cc(N4CCCC4=O)ccc3O)[C@@H](C)CC[C@]12C. The van der Waals surface area contributed by atoms with Crippen molar-refractivity contribution in [2.75, 3.05) is 11.4 Å². The highest BCUT2D eigenvalue weighted by molar-refractivity contribution is 5.95. The number of fused-ring (bicyclic) bond motifs is 1. The molecule has 0 aromatic heterocycles. The highest BCUT2D eigenvalue weighted by Crippen LogP contribution is 2.61. The van der Waals surface area contributed by atoms with Crippen LogP contribution in [0.15, 0.2) is 29.8 Å². The van der Waals surface area contributed by atoms with Crippen LogP contribution in [0.2, 0.25) is 0 Å². The minimum atomic E-state index is 0.146. The van der Waals surface area contributed by atoms with Crippen LogP contribution in [0.5, 0.6) is 5.75 Å². The summed E-state index contributed by atoms with van der Waals surface area (Å²) in [6, 6.07) is 5.76. The molecule has 1 heterocycles. The standard InChI is InChI=1S/C25H35NO2/c1-17-7-5-8-22-24(17,3)13-12-18(2)25(22,4)16-19-15-20(10-11-21(19)27)26-14-6-9-23(26)28/h7,10-11,15,18,22,27H,5-6,8-9,12-14,16H2,1-4H3/t18-,22+,24+,25+/m0/s1. The summed E-state index contributed by atoms with van der Waals surface area (Å²) in [5.41, 5.74) is 3.93. The molecule has 3 nitrogen and oxygen atoms in total. The number of hydrogen-bond donors (Lipinski definition) is 1. The molecule has 2 fully saturated rings. The monoisotopic (exact) mass is 381 g/mol. The minimum Gasteiger partial charge on any atom is -0.508 e. The van der Waals surface area contributed by atoms with Crippen LogP contribution >= 0.6 is 0 Å². The minimum absolute atomic E-state index is 0.146. The van der Waals surface area contributed by atoms with Crippen LogP contribution in [-0.2, 0) is 11.2 Å². The number of aromatic hydroxyl groups is 1. The zero-order valence-electron chi connectivity index (χ0n) is 17.9. The lowest BCUT2D eigenvalue weighted by Gasteiger charge is -2.58. The number of phenolic OH excluding ortho intramolecular Hbond substituents is 1. The fraction of sp³-hybridized carbons (Fsp3) is 0.640. The van der Waals surface area contributed by atoms with Gasteiger partial charge in [-0.3, -0.25) is 4.79 Å². The first kappa shape index (κ1) is 19.5. The largest absolute Gasteiger partial charge is 0.508 e. The van der Waals surface area contributed by atoms with E-state index in [0.29, 0.717) is 24.0 Å². The van der Waals surface area contributed by atoms with Crippen LogP contribution in [0.1, 0.15) is 71.8 Å². The highest BCUT2D eigenvalue weighted by atomic mass is 16.3. The van der Waals surface area contributed by atoms with Gasteiger partial charge in [0.25, 0.3) is 0 Å². The molecule has 1 saturated heterocycles. The Labute approximate surface area is 169 Å². The quantitative estimate of drug-likeness (QED) is 0.666. The van der Waals surface area contributed by atoms with Gasteiger partial charge in [0.15, 0.2) is 0 Å². The van der Waals surface area contributed by atoms with E-state index in [2.05, 4.69) is 39.8 Å². The summed E-state index contributed by atoms with van der Waals surface area (Å²) in [6.07, 6.45) is 9.80. The molecule has 152 valence electrons. The van der Waals surface area contributed by atoms with Gasteiger partial charge in [-0.25, -0.2) is 0 Å². The van der Waals surface area contributed by atoms with E-state index < -0.39 is 0 Å². The number of carbonyl (C=O) groups is 1. The normalized spacial score (nSPS) is 35.6. The van der Waals surface area contributed by atoms with Gasteiger partial charge >= 0.3 is 0 Å². The topological polar surface area (TPSA) is 40.5 Å². The van der Waals surface area contributed by atoms with Crippen LogP contribution in [0.25, 0.3) is 0 Å². The molecule has 1 saturated carbocycles. The van der Waals surface area contributed by atoms with Crippen LogP contribution in [-0.4, -0.2) is 17.6 Å². The van der Waals surface area contributed by atoms with E-state index >= 15 is 0 Å². The Balaban J connectivity index is 1.69. The molecular formula is C25H35NO2. The average Bonchev–Trinajstić information content (AvgIpc) is 3.09. The second-order valence-electron chi connectivity index (χ2n) is 10.0. The third-order valence-corrected chi connectivity index (χ3v) is 8.61. The number of benzene rings is 1. The number of phenols is 1. The Kier molecular flexibility index (Phi) is 4.84. The lowest BCUT2D eigenvalue weighted by molar-refractivity contribution is -0.117. The summed E-state index contributed by atoms with van der Waals surface area (Å²) < 4.78 is 0. The van der Waals surface area contributed by atoms with Gasteiger partial charge in [-0.1, -0.05) is 32.4 Å². The zero-order chi connectivity index (χ0) is 20.1. The maximum atomic E-state index is 12.2. The molecular weight excluding hydrogens is 346 g/mol. The van der Waals surface area contributed by atoms with Crippen LogP contribution < -0.4 is 4.90 Å². The molecule has 1 aromatic carbocycles. The summed E-state index contributed by atoms with van der Waals surface area (Å²) in [5.74, 6) is 1.83. The molecule has 4 rings (SSSR count). The Hall–Kier alpha value is -1.77. The highest BCUT2D eigenvalue weighted by Gasteiger charge is 2.53. The van der Waals surface area contributed by atoms with Gasteiger partial charge in [-0.05, 0) is 91.9 Å². The second-order valence-corrected chi connectivity index (χ2v) is 10.0. The molecule has 0 radical (unpaired) electrons. The van der Waals surface area contributed by atoms with Gasteiger partial charge in [-0.15, -0.1) is 0 Å². The van der Waals surface area contributed by atoms with Crippen molar-refractivity contribution in [1.29, 1.82) is 0 Å². The molecule has 3 heteroatoms. The summed E-state index contributed by atoms with van der Waals surface area (Å²) in [6.45, 7) is 10.4. The van der Waals surface area contributed by atoms with Gasteiger partial charge in [0.1, 0.15) is 5.75 Å². The summed E-state index contributed by atoms with van der Waals surface area (Å²) in [4.78, 5) is 14.1. The molecule has 1 aliphatic heterocycles. The molecule has 0 bridgehead atoms. The van der Waals surface area contributed by atoms with Gasteiger partial charge in [0, 0.05) is 18.7 Å². The van der Waals surface area contributed by atoms with Gasteiger partial charge < -0.3 is 10.0 Å². The van der Waals surface area contributed by atoms with Crippen molar-refractivity contribution in [2.24, 2.45) is 22.7 Å². The van der Waals surface area contributed by atoms with E-state index in [0.717, 1.165) is 30.6 Å². The Morgan fingerprint density at radius 2 is 2.04 bits per heavy atom. The second kappa shape index (κ2) is 6.93. The molecule has 0 unspecified atom stereocenters. The Morgan fingerprint density at radius 3 is 2.75 bits per heavy atom. The van der Waals surface area contributed by atoms with E-state index in [-0.39, 0.29) is 16.7 Å². The van der Waals surface area contributed by atoms with Crippen molar-refractivity contribution >= 4 is 11.6 Å². The van der Waals surface area contributed by atoms with Gasteiger partial charge in [0.2, 0.25) is 5.91 Å². The number of allylic oxidation sites excluding steroid dienone is 2. The Morgan fingerprint density at radius 1 is 1.25 bits per heavy atom. The van der Waals surface area contributed by atoms with E-state index in [9.17, 15) is 9.90 Å². The molecule has 1 aromatic rings. The summed E-state index contributed by atoms with van der Waals surface area (Å²) in [7, 11) is 0. The summed E-state index contributed by atoms with van der Waals surface area (Å²) in [5, 5.41) is 10.7. The molecule has 2 aliphatic carbocycles. The third-order valence-electron chi connectivity index (χ3n) is 8.61. The van der Waals surface area contributed by atoms with Crippen LogP contribution in [0.3, 0.4) is 0 Å². The molecule has 1 amide bonds. The van der Waals surface area contributed by atoms with E-state index in [1.165, 1.54) is 25.7 Å². The van der Waals surface area contributed by atoms with Gasteiger partial charge in [0.05, 0.1) is 0 Å². The smallest absolute Gasteiger partial charge is 0.227 e. The Bertz CT molecular complexity index is 813. The zero-order valence-corrected chi connectivity index (χ0v) is 17.9. The third kappa shape index (κ3) is 2.98. The maximum absolute atomic E-state index is 12.2. The average molecular weight is 382 g/mol. The predicted octanol–water partition coefficient (Wildman–Crippen LogP) is 5.86. The van der Waals surface area contributed by atoms with E-state index in [1.807, 2.05) is 11.0 Å². The fourth-order valence-corrected chi connectivity index (χ4v) is 6.42. The number of carbonyl (C=O) groups excluding carboxylic acids is 1. The molecule has 1 N–H and O–H groups in total. The van der Waals surface area contributed by atoms with Crippen molar-refractivity contribution in [1.82, 2.24) is 0 Å². The fourth-order valence-electron chi connectivity index (χ4n) is 6.42. The lowest BCUT2D eigenvalue weighted by atomic mass is 9.47. The number of rotatable bonds is 3. The molecule has 4 atom stereocenters. The first-order valence-electron chi connectivity index (χ1n) is 11.1. The van der Waals surface area contributed by atoms with Crippen molar-refractivity contribution in [3.05, 3.63) is 35.4 Å².